The Bertz CT molecular complexity index is 663. The van der Waals surface area contributed by atoms with Crippen molar-refractivity contribution < 1.29 is 0 Å². The van der Waals surface area contributed by atoms with E-state index in [0.717, 1.165) is 24.4 Å². The molecule has 2 aromatic rings. The number of benzene rings is 1. The maximum atomic E-state index is 11.8. The Labute approximate surface area is 113 Å². The largest absolute Gasteiger partial charge is 0.309 e. The fourth-order valence-electron chi connectivity index (χ4n) is 2.43. The van der Waals surface area contributed by atoms with Crippen LogP contribution in [0, 0.1) is 0 Å². The lowest BCUT2D eigenvalue weighted by atomic mass is 9.77. The lowest BCUT2D eigenvalue weighted by Crippen LogP contribution is -2.25. The molecule has 92 valence electrons. The van der Waals surface area contributed by atoms with Gasteiger partial charge in [0.25, 0.3) is 5.56 Å². The molecule has 0 saturated carbocycles. The van der Waals surface area contributed by atoms with E-state index in [-0.39, 0.29) is 11.5 Å². The monoisotopic (exact) mass is 304 g/mol. The molecule has 3 rings (SSSR count). The molecule has 0 spiro atoms. The maximum Gasteiger partial charge on any atom is 0.265 e. The third kappa shape index (κ3) is 1.72. The Morgan fingerprint density at radius 1 is 1.44 bits per heavy atom. The lowest BCUT2D eigenvalue weighted by Gasteiger charge is -2.29. The number of hydrogen-bond donors (Lipinski definition) is 1. The van der Waals surface area contributed by atoms with Gasteiger partial charge in [0.1, 0.15) is 10.3 Å². The Morgan fingerprint density at radius 3 is 2.94 bits per heavy atom. The molecule has 0 fully saturated rings. The second-order valence-corrected chi connectivity index (χ2v) is 5.31. The summed E-state index contributed by atoms with van der Waals surface area (Å²) in [6.45, 7) is 2.00. The van der Waals surface area contributed by atoms with E-state index < -0.39 is 0 Å². The van der Waals surface area contributed by atoms with Gasteiger partial charge in [-0.05, 0) is 39.9 Å². The Morgan fingerprint density at radius 2 is 2.22 bits per heavy atom. The van der Waals surface area contributed by atoms with Crippen LogP contribution in [0.25, 0.3) is 0 Å². The zero-order valence-corrected chi connectivity index (χ0v) is 11.6. The molecule has 1 aromatic heterocycles. The molecule has 1 aliphatic carbocycles. The first-order valence-corrected chi connectivity index (χ1v) is 6.86. The maximum absolute atomic E-state index is 11.8. The standard InChI is InChI=1S/C14H13BrN2O/c1-2-11-12(15)14(18)17-13(16-11)10-7-8-5-3-4-6-9(8)10/h3-6,10H,2,7H2,1H3,(H,16,17,18). The molecule has 1 aliphatic rings. The Hall–Kier alpha value is -1.42. The van der Waals surface area contributed by atoms with Crippen molar-refractivity contribution in [2.24, 2.45) is 0 Å². The van der Waals surface area contributed by atoms with Crippen LogP contribution in [0.4, 0.5) is 0 Å². The number of aromatic nitrogens is 2. The second kappa shape index (κ2) is 4.35. The number of rotatable bonds is 2. The van der Waals surface area contributed by atoms with Crippen molar-refractivity contribution in [3.8, 4) is 0 Å². The highest BCUT2D eigenvalue weighted by Crippen LogP contribution is 2.38. The summed E-state index contributed by atoms with van der Waals surface area (Å²) >= 11 is 3.29. The van der Waals surface area contributed by atoms with Crippen LogP contribution in [-0.2, 0) is 12.8 Å². The Kier molecular flexibility index (Phi) is 2.82. The minimum atomic E-state index is -0.0822. The molecule has 1 unspecified atom stereocenters. The number of fused-ring (bicyclic) bond motifs is 1. The number of H-pyrrole nitrogens is 1. The molecule has 1 heterocycles. The van der Waals surface area contributed by atoms with Gasteiger partial charge >= 0.3 is 0 Å². The highest BCUT2D eigenvalue weighted by Gasteiger charge is 2.29. The van der Waals surface area contributed by atoms with Crippen molar-refractivity contribution in [2.45, 2.75) is 25.7 Å². The van der Waals surface area contributed by atoms with Crippen LogP contribution in [0.15, 0.2) is 33.5 Å². The molecule has 4 heteroatoms. The molecule has 0 aliphatic heterocycles. The molecule has 1 atom stereocenters. The van der Waals surface area contributed by atoms with Gasteiger partial charge in [0.2, 0.25) is 0 Å². The van der Waals surface area contributed by atoms with Crippen LogP contribution < -0.4 is 5.56 Å². The van der Waals surface area contributed by atoms with Gasteiger partial charge < -0.3 is 4.98 Å². The summed E-state index contributed by atoms with van der Waals surface area (Å²) in [5, 5.41) is 0. The van der Waals surface area contributed by atoms with E-state index >= 15 is 0 Å². The first kappa shape index (κ1) is 11.7. The molecule has 0 bridgehead atoms. The summed E-state index contributed by atoms with van der Waals surface area (Å²) in [4.78, 5) is 19.3. The molecular formula is C14H13BrN2O. The predicted molar refractivity (Wildman–Crippen MR) is 73.9 cm³/mol. The van der Waals surface area contributed by atoms with E-state index in [1.807, 2.05) is 19.1 Å². The minimum absolute atomic E-state index is 0.0822. The summed E-state index contributed by atoms with van der Waals surface area (Å²) in [6, 6.07) is 8.31. The first-order chi connectivity index (χ1) is 8.70. The number of halogens is 1. The quantitative estimate of drug-likeness (QED) is 0.927. The van der Waals surface area contributed by atoms with Crippen LogP contribution >= 0.6 is 15.9 Å². The van der Waals surface area contributed by atoms with Crippen LogP contribution in [0.1, 0.15) is 35.5 Å². The summed E-state index contributed by atoms with van der Waals surface area (Å²) < 4.78 is 0.557. The third-order valence-electron chi connectivity index (χ3n) is 3.47. The molecule has 3 nitrogen and oxygen atoms in total. The smallest absolute Gasteiger partial charge is 0.265 e. The van der Waals surface area contributed by atoms with E-state index in [0.29, 0.717) is 4.47 Å². The van der Waals surface area contributed by atoms with Crippen molar-refractivity contribution in [2.75, 3.05) is 0 Å². The van der Waals surface area contributed by atoms with Gasteiger partial charge in [-0.2, -0.15) is 0 Å². The van der Waals surface area contributed by atoms with E-state index in [9.17, 15) is 4.79 Å². The highest BCUT2D eigenvalue weighted by molar-refractivity contribution is 9.10. The van der Waals surface area contributed by atoms with Crippen molar-refractivity contribution in [1.29, 1.82) is 0 Å². The van der Waals surface area contributed by atoms with Crippen LogP contribution in [0.3, 0.4) is 0 Å². The van der Waals surface area contributed by atoms with Gasteiger partial charge in [-0.3, -0.25) is 4.79 Å². The van der Waals surface area contributed by atoms with Crippen molar-refractivity contribution in [3.63, 3.8) is 0 Å². The average molecular weight is 305 g/mol. The summed E-state index contributed by atoms with van der Waals surface area (Å²) in [5.41, 5.74) is 3.38. The summed E-state index contributed by atoms with van der Waals surface area (Å²) in [6.07, 6.45) is 1.72. The normalized spacial score (nSPS) is 17.1. The fourth-order valence-corrected chi connectivity index (χ4v) is 2.89. The zero-order valence-electron chi connectivity index (χ0n) is 10.0. The summed E-state index contributed by atoms with van der Waals surface area (Å²) in [7, 11) is 0. The third-order valence-corrected chi connectivity index (χ3v) is 4.29. The van der Waals surface area contributed by atoms with E-state index in [1.165, 1.54) is 11.1 Å². The van der Waals surface area contributed by atoms with Crippen molar-refractivity contribution in [3.05, 3.63) is 61.7 Å². The predicted octanol–water partition coefficient (Wildman–Crippen LogP) is 2.78. The number of aryl methyl sites for hydroxylation is 1. The van der Waals surface area contributed by atoms with Gasteiger partial charge in [-0.15, -0.1) is 0 Å². The van der Waals surface area contributed by atoms with Gasteiger partial charge in [0.05, 0.1) is 5.69 Å². The van der Waals surface area contributed by atoms with E-state index in [1.54, 1.807) is 0 Å². The SMILES string of the molecule is CCc1nc(C2Cc3ccccc32)[nH]c(=O)c1Br. The number of hydrogen-bond acceptors (Lipinski definition) is 2. The van der Waals surface area contributed by atoms with Gasteiger partial charge in [-0.1, -0.05) is 31.2 Å². The Balaban J connectivity index is 2.06. The second-order valence-electron chi connectivity index (χ2n) is 4.52. The minimum Gasteiger partial charge on any atom is -0.309 e. The van der Waals surface area contributed by atoms with Crippen molar-refractivity contribution >= 4 is 15.9 Å². The summed E-state index contributed by atoms with van der Waals surface area (Å²) in [5.74, 6) is 1.03. The molecule has 0 radical (unpaired) electrons. The van der Waals surface area contributed by atoms with Gasteiger partial charge in [-0.25, -0.2) is 4.98 Å². The molecule has 0 amide bonds. The van der Waals surface area contributed by atoms with Gasteiger partial charge in [0.15, 0.2) is 0 Å². The molecule has 1 N–H and O–H groups in total. The molecule has 1 aromatic carbocycles. The lowest BCUT2D eigenvalue weighted by molar-refractivity contribution is 0.648. The number of aromatic amines is 1. The van der Waals surface area contributed by atoms with Gasteiger partial charge in [0, 0.05) is 5.92 Å². The highest BCUT2D eigenvalue weighted by atomic mass is 79.9. The topological polar surface area (TPSA) is 45.8 Å². The zero-order chi connectivity index (χ0) is 12.7. The van der Waals surface area contributed by atoms with Crippen molar-refractivity contribution in [1.82, 2.24) is 9.97 Å². The van der Waals surface area contributed by atoms with Crippen LogP contribution in [0.5, 0.6) is 0 Å². The molecule has 0 saturated heterocycles. The first-order valence-electron chi connectivity index (χ1n) is 6.07. The van der Waals surface area contributed by atoms with Crippen LogP contribution in [0.2, 0.25) is 0 Å². The fraction of sp³-hybridized carbons (Fsp3) is 0.286. The number of nitrogens with zero attached hydrogens (tertiary/aromatic N) is 1. The average Bonchev–Trinajstić information content (AvgIpc) is 2.35. The number of nitrogens with one attached hydrogen (secondary N) is 1. The van der Waals surface area contributed by atoms with E-state index in [4.69, 9.17) is 0 Å². The van der Waals surface area contributed by atoms with E-state index in [2.05, 4.69) is 38.0 Å². The molecular weight excluding hydrogens is 292 g/mol. The molecule has 18 heavy (non-hydrogen) atoms. The van der Waals surface area contributed by atoms with Crippen LogP contribution in [-0.4, -0.2) is 9.97 Å².